The van der Waals surface area contributed by atoms with Crippen molar-refractivity contribution in [1.29, 1.82) is 0 Å². The van der Waals surface area contributed by atoms with Gasteiger partial charge in [0.15, 0.2) is 0 Å². The molecule has 20 rings (SSSR count). The van der Waals surface area contributed by atoms with Gasteiger partial charge in [-0.25, -0.2) is 19.9 Å². The Bertz CT molecular complexity index is 6480. The van der Waals surface area contributed by atoms with Gasteiger partial charge in [0.25, 0.3) is 0 Å². The van der Waals surface area contributed by atoms with Gasteiger partial charge in [0.2, 0.25) is 0 Å². The number of rotatable bonds is 6. The molecule has 0 amide bonds. The van der Waals surface area contributed by atoms with Gasteiger partial charge in [-0.3, -0.25) is 0 Å². The van der Waals surface area contributed by atoms with E-state index in [9.17, 15) is 0 Å². The summed E-state index contributed by atoms with van der Waals surface area (Å²) in [7, 11) is -0.384. The number of benzene rings is 15. The highest BCUT2D eigenvalue weighted by atomic mass is 16.7. The third kappa shape index (κ3) is 9.41. The number of hydrogen-bond donors (Lipinski definition) is 0. The van der Waals surface area contributed by atoms with Crippen LogP contribution in [0.3, 0.4) is 0 Å². The van der Waals surface area contributed by atoms with E-state index in [2.05, 4.69) is 331 Å². The van der Waals surface area contributed by atoms with Crippen molar-refractivity contribution in [2.24, 2.45) is 0 Å². The first kappa shape index (κ1) is 58.4. The van der Waals surface area contributed by atoms with E-state index in [0.29, 0.717) is 0 Å². The maximum absolute atomic E-state index is 6.29. The van der Waals surface area contributed by atoms with Crippen LogP contribution < -0.4 is 5.46 Å². The molecular formula is C92H63BN4O2. The van der Waals surface area contributed by atoms with Crippen molar-refractivity contribution in [2.75, 3.05) is 0 Å². The van der Waals surface area contributed by atoms with Crippen LogP contribution in [0.15, 0.2) is 309 Å². The molecule has 4 aromatic heterocycles. The zero-order chi connectivity index (χ0) is 66.1. The zero-order valence-electron chi connectivity index (χ0n) is 55.1. The maximum atomic E-state index is 6.29. The molecule has 0 spiro atoms. The predicted octanol–water partition coefficient (Wildman–Crippen LogP) is 23.4. The minimum absolute atomic E-state index is 0.369. The van der Waals surface area contributed by atoms with Crippen LogP contribution >= 0.6 is 0 Å². The number of fused-ring (bicyclic) bond motifs is 21. The molecule has 0 bridgehead atoms. The average Bonchev–Trinajstić information content (AvgIpc) is 1.29. The summed E-state index contributed by atoms with van der Waals surface area (Å²) in [6, 6.07) is 111. The molecule has 19 aromatic rings. The monoisotopic (exact) mass is 1270 g/mol. The third-order valence-corrected chi connectivity index (χ3v) is 21.1. The van der Waals surface area contributed by atoms with Gasteiger partial charge in [0, 0.05) is 65.3 Å². The van der Waals surface area contributed by atoms with Crippen LogP contribution in [-0.4, -0.2) is 38.3 Å². The highest BCUT2D eigenvalue weighted by Gasteiger charge is 2.51. The molecule has 6 nitrogen and oxygen atoms in total. The lowest BCUT2D eigenvalue weighted by molar-refractivity contribution is 0.00578. The van der Waals surface area contributed by atoms with E-state index < -0.39 is 0 Å². The lowest BCUT2D eigenvalue weighted by atomic mass is 9.78. The maximum Gasteiger partial charge on any atom is 0.494 e. The Morgan fingerprint density at radius 3 is 1.01 bits per heavy atom. The van der Waals surface area contributed by atoms with Crippen molar-refractivity contribution in [2.45, 2.75) is 38.9 Å². The molecule has 1 aliphatic heterocycles. The summed E-state index contributed by atoms with van der Waals surface area (Å²) in [4.78, 5) is 21.4. The van der Waals surface area contributed by atoms with Crippen LogP contribution in [0.2, 0.25) is 0 Å². The summed E-state index contributed by atoms with van der Waals surface area (Å²) < 4.78 is 12.6. The van der Waals surface area contributed by atoms with Crippen LogP contribution in [-0.2, 0) is 9.31 Å². The highest BCUT2D eigenvalue weighted by molar-refractivity contribution is 6.62. The quantitative estimate of drug-likeness (QED) is 0.0939. The summed E-state index contributed by atoms with van der Waals surface area (Å²) in [6.07, 6.45) is 0. The Hall–Kier alpha value is -12.0. The van der Waals surface area contributed by atoms with Crippen LogP contribution in [0.25, 0.3) is 186 Å². The lowest BCUT2D eigenvalue weighted by Gasteiger charge is -2.32. The first-order chi connectivity index (χ1) is 48.6. The molecule has 0 unspecified atom stereocenters. The summed E-state index contributed by atoms with van der Waals surface area (Å²) in [5.74, 6) is 0. The van der Waals surface area contributed by atoms with Gasteiger partial charge in [-0.1, -0.05) is 285 Å². The average molecular weight is 1270 g/mol. The summed E-state index contributed by atoms with van der Waals surface area (Å²) >= 11 is 0. The first-order valence-electron chi connectivity index (χ1n) is 34.1. The van der Waals surface area contributed by atoms with E-state index in [1.165, 1.54) is 91.7 Å². The number of nitrogens with zero attached hydrogens (tertiary/aromatic N) is 4. The molecule has 1 saturated heterocycles. The Balaban J connectivity index is 0.000000158. The highest BCUT2D eigenvalue weighted by Crippen LogP contribution is 2.48. The van der Waals surface area contributed by atoms with Crippen molar-refractivity contribution < 1.29 is 9.31 Å². The molecule has 0 N–H and O–H groups in total. The van der Waals surface area contributed by atoms with E-state index in [4.69, 9.17) is 29.2 Å². The fourth-order valence-electron chi connectivity index (χ4n) is 15.6. The second-order valence-corrected chi connectivity index (χ2v) is 27.2. The number of hydrogen-bond acceptors (Lipinski definition) is 6. The van der Waals surface area contributed by atoms with Crippen molar-refractivity contribution in [3.05, 3.63) is 309 Å². The Kier molecular flexibility index (Phi) is 13.5. The van der Waals surface area contributed by atoms with E-state index in [-0.39, 0.29) is 18.3 Å². The van der Waals surface area contributed by atoms with Gasteiger partial charge in [-0.15, -0.1) is 0 Å². The molecule has 1 aliphatic rings. The standard InChI is InChI=1S/C59H35N3.C33H28BNO2/c1-2-14-36(15-3-1)50-34-32-39-30-31-40-33-35-52(62-59(40)58(39)60-50)54-47-22-10-8-20-45(47)53(46-21-9-11-23-48(46)54)37-26-28-38(29-27-37)57-56-44-19-7-5-17-42(44)41-16-4-6-18-43(41)55(56)49-24-12-13-25-51(49)61-57;1-32(2)33(3,4)37-34(36-32)22-19-17-21(18-20-22)31-30-26-14-8-6-12-24(26)23-11-5-7-13-25(23)29(30)27-15-9-10-16-28(27)35-31/h1-35H;5-20H,1-4H3. The van der Waals surface area contributed by atoms with Crippen molar-refractivity contribution >= 4 is 142 Å². The van der Waals surface area contributed by atoms with Gasteiger partial charge in [-0.2, -0.15) is 0 Å². The van der Waals surface area contributed by atoms with Gasteiger partial charge < -0.3 is 9.31 Å². The molecule has 0 saturated carbocycles. The van der Waals surface area contributed by atoms with E-state index in [0.717, 1.165) is 99.7 Å². The molecular weight excluding hydrogens is 1200 g/mol. The Morgan fingerprint density at radius 2 is 0.566 bits per heavy atom. The topological polar surface area (TPSA) is 70.0 Å². The van der Waals surface area contributed by atoms with E-state index in [1.54, 1.807) is 0 Å². The SMILES string of the molecule is CC1(C)OB(c2ccc(-c3nc4ccccc4c4c5ccccc5c5ccccc5c34)cc2)OC1(C)C.c1ccc(-c2ccc3ccc4ccc(-c5c6ccccc6c(-c6ccc(-c7nc8ccccc8c8c9ccccc9c9ccccc9c78)cc6)c6ccccc56)nc4c3n2)cc1. The smallest absolute Gasteiger partial charge is 0.399 e. The van der Waals surface area contributed by atoms with Crippen molar-refractivity contribution in [1.82, 2.24) is 19.9 Å². The minimum atomic E-state index is -0.384. The lowest BCUT2D eigenvalue weighted by Crippen LogP contribution is -2.41. The minimum Gasteiger partial charge on any atom is -0.399 e. The molecule has 5 heterocycles. The predicted molar refractivity (Wildman–Crippen MR) is 417 cm³/mol. The number of aromatic nitrogens is 4. The molecule has 15 aromatic carbocycles. The van der Waals surface area contributed by atoms with Crippen LogP contribution in [0, 0.1) is 0 Å². The van der Waals surface area contributed by atoms with Crippen molar-refractivity contribution in [3.8, 4) is 56.2 Å². The van der Waals surface area contributed by atoms with E-state index in [1.807, 2.05) is 6.07 Å². The molecule has 7 heteroatoms. The molecule has 1 fully saturated rings. The van der Waals surface area contributed by atoms with Gasteiger partial charge in [-0.05, 0) is 133 Å². The molecule has 0 aliphatic carbocycles. The molecule has 0 radical (unpaired) electrons. The summed E-state index contributed by atoms with van der Waals surface area (Å²) in [6.45, 7) is 8.34. The fourth-order valence-corrected chi connectivity index (χ4v) is 15.6. The largest absolute Gasteiger partial charge is 0.494 e. The summed E-state index contributed by atoms with van der Waals surface area (Å²) in [5.41, 5.74) is 14.7. The van der Waals surface area contributed by atoms with Gasteiger partial charge in [0.1, 0.15) is 0 Å². The molecule has 466 valence electrons. The second kappa shape index (κ2) is 22.8. The molecule has 0 atom stereocenters. The molecule has 99 heavy (non-hydrogen) atoms. The fraction of sp³-hybridized carbons (Fsp3) is 0.0652. The van der Waals surface area contributed by atoms with Crippen LogP contribution in [0.4, 0.5) is 0 Å². The van der Waals surface area contributed by atoms with E-state index >= 15 is 0 Å². The second-order valence-electron chi connectivity index (χ2n) is 27.2. The third-order valence-electron chi connectivity index (χ3n) is 21.1. The van der Waals surface area contributed by atoms with Gasteiger partial charge in [0.05, 0.1) is 56.0 Å². The summed E-state index contributed by atoms with van der Waals surface area (Å²) in [5, 5.41) is 24.0. The van der Waals surface area contributed by atoms with Crippen LogP contribution in [0.5, 0.6) is 0 Å². The zero-order valence-corrected chi connectivity index (χ0v) is 55.1. The van der Waals surface area contributed by atoms with Gasteiger partial charge >= 0.3 is 7.12 Å². The Labute approximate surface area is 572 Å². The van der Waals surface area contributed by atoms with Crippen LogP contribution in [0.1, 0.15) is 27.7 Å². The Morgan fingerprint density at radius 1 is 0.242 bits per heavy atom. The first-order valence-corrected chi connectivity index (χ1v) is 34.1. The number of pyridine rings is 4. The normalized spacial score (nSPS) is 13.7. The van der Waals surface area contributed by atoms with Crippen molar-refractivity contribution in [3.63, 3.8) is 0 Å². The number of para-hydroxylation sites is 2.